The van der Waals surface area contributed by atoms with Gasteiger partial charge >= 0.3 is 11.0 Å². The zero-order valence-electron chi connectivity index (χ0n) is 17.0. The third kappa shape index (κ3) is 9.14. The number of hydrogen-bond acceptors (Lipinski definition) is 4. The highest BCUT2D eigenvalue weighted by molar-refractivity contribution is 8.13. The summed E-state index contributed by atoms with van der Waals surface area (Å²) >= 11 is 5.89. The molecule has 7 nitrogen and oxygen atoms in total. The third-order valence-corrected chi connectivity index (χ3v) is 6.86. The van der Waals surface area contributed by atoms with Gasteiger partial charge in [0.1, 0.15) is 18.1 Å². The minimum atomic E-state index is -6.72. The molecule has 0 bridgehead atoms. The standard InChI is InChI=1S/C15H20ClN2.C2F6NO4S2/c1-2-3-4-5-10-17-11-12-18(13-17)15-8-6-14(16)7-9-15;3-1(4,5)14(10,11)9-15(12,13)2(6,7)8/h6-9,11-13H,2-5,10H2,1H3;/q+1;-1. The smallest absolute Gasteiger partial charge is 0.421 e. The SMILES string of the molecule is CCCCCC[n+]1ccn(-c2ccc(Cl)cc2)c1.O=S(=O)([N-]S(=O)(=O)C(F)(F)F)C(F)(F)F. The lowest BCUT2D eigenvalue weighted by molar-refractivity contribution is -0.696. The highest BCUT2D eigenvalue weighted by atomic mass is 35.5. The molecule has 0 aliphatic rings. The van der Waals surface area contributed by atoms with Crippen molar-refractivity contribution in [1.82, 2.24) is 4.57 Å². The molecule has 0 amide bonds. The normalized spacial score (nSPS) is 12.8. The molecule has 1 aromatic heterocycles. The molecular formula is C17H20ClF6N3O4S2. The molecule has 33 heavy (non-hydrogen) atoms. The monoisotopic (exact) mass is 543 g/mol. The highest BCUT2D eigenvalue weighted by Crippen LogP contribution is 2.36. The van der Waals surface area contributed by atoms with Crippen molar-refractivity contribution in [2.75, 3.05) is 0 Å². The summed E-state index contributed by atoms with van der Waals surface area (Å²) in [5, 5.41) is 0.776. The lowest BCUT2D eigenvalue weighted by Gasteiger charge is -2.22. The number of nitrogens with zero attached hydrogens (tertiary/aromatic N) is 3. The van der Waals surface area contributed by atoms with E-state index in [-0.39, 0.29) is 0 Å². The third-order valence-electron chi connectivity index (χ3n) is 3.87. The molecule has 0 saturated heterocycles. The Bertz CT molecular complexity index is 1060. The summed E-state index contributed by atoms with van der Waals surface area (Å²) in [6.07, 6.45) is 11.5. The van der Waals surface area contributed by atoms with E-state index in [2.05, 4.69) is 34.8 Å². The summed E-state index contributed by atoms with van der Waals surface area (Å²) in [6, 6.07) is 7.90. The second-order valence-corrected chi connectivity index (χ2v) is 10.4. The number of aromatic nitrogens is 2. The van der Waals surface area contributed by atoms with Crippen LogP contribution in [0.25, 0.3) is 9.81 Å². The van der Waals surface area contributed by atoms with E-state index in [9.17, 15) is 43.2 Å². The minimum absolute atomic E-state index is 0.776. The molecule has 16 heteroatoms. The first-order chi connectivity index (χ1) is 15.0. The van der Waals surface area contributed by atoms with Crippen molar-refractivity contribution < 1.29 is 47.7 Å². The van der Waals surface area contributed by atoms with Gasteiger partial charge in [0.25, 0.3) is 0 Å². The van der Waals surface area contributed by atoms with Crippen LogP contribution in [0, 0.1) is 0 Å². The molecule has 0 saturated carbocycles. The number of aryl methyl sites for hydroxylation is 1. The van der Waals surface area contributed by atoms with Crippen LogP contribution in [0.15, 0.2) is 43.0 Å². The first kappa shape index (κ1) is 29.2. The van der Waals surface area contributed by atoms with Crippen molar-refractivity contribution in [3.05, 3.63) is 52.1 Å². The molecule has 0 spiro atoms. The number of alkyl halides is 6. The predicted molar refractivity (Wildman–Crippen MR) is 108 cm³/mol. The van der Waals surface area contributed by atoms with Crippen LogP contribution in [0.1, 0.15) is 32.6 Å². The quantitative estimate of drug-likeness (QED) is 0.264. The topological polar surface area (TPSA) is 91.2 Å². The van der Waals surface area contributed by atoms with Crippen molar-refractivity contribution in [2.24, 2.45) is 0 Å². The molecule has 0 aliphatic heterocycles. The Balaban J connectivity index is 0.000000337. The molecule has 0 N–H and O–H groups in total. The first-order valence-corrected chi connectivity index (χ1v) is 12.5. The second kappa shape index (κ2) is 11.5. The number of unbranched alkanes of at least 4 members (excludes halogenated alkanes) is 3. The van der Waals surface area contributed by atoms with Crippen molar-refractivity contribution in [2.45, 2.75) is 50.2 Å². The van der Waals surface area contributed by atoms with Crippen LogP contribution in [-0.4, -0.2) is 32.4 Å². The fourth-order valence-electron chi connectivity index (χ4n) is 2.23. The Labute approximate surface area is 192 Å². The Morgan fingerprint density at radius 1 is 0.909 bits per heavy atom. The van der Waals surface area contributed by atoms with Gasteiger partial charge in [-0.05, 0) is 37.1 Å². The van der Waals surface area contributed by atoms with Crippen LogP contribution in [0.2, 0.25) is 5.02 Å². The van der Waals surface area contributed by atoms with Gasteiger partial charge in [-0.15, -0.1) is 0 Å². The average molecular weight is 544 g/mol. The molecular weight excluding hydrogens is 524 g/mol. The summed E-state index contributed by atoms with van der Waals surface area (Å²) in [4.78, 5) is 0. The van der Waals surface area contributed by atoms with Gasteiger partial charge in [0.05, 0.1) is 6.54 Å². The van der Waals surface area contributed by atoms with Crippen molar-refractivity contribution in [3.8, 4) is 5.69 Å². The average Bonchev–Trinajstić information content (AvgIpc) is 3.13. The van der Waals surface area contributed by atoms with Crippen LogP contribution in [0.5, 0.6) is 0 Å². The zero-order valence-corrected chi connectivity index (χ0v) is 19.4. The van der Waals surface area contributed by atoms with Crippen LogP contribution in [0.4, 0.5) is 26.3 Å². The minimum Gasteiger partial charge on any atom is -0.421 e. The molecule has 0 unspecified atom stereocenters. The van der Waals surface area contributed by atoms with Crippen LogP contribution in [-0.2, 0) is 26.6 Å². The maximum absolute atomic E-state index is 11.4. The van der Waals surface area contributed by atoms with E-state index in [4.69, 9.17) is 11.6 Å². The number of halogens is 7. The van der Waals surface area contributed by atoms with Crippen molar-refractivity contribution in [3.63, 3.8) is 0 Å². The second-order valence-electron chi connectivity index (χ2n) is 6.51. The molecule has 0 fully saturated rings. The maximum atomic E-state index is 11.4. The summed E-state index contributed by atoms with van der Waals surface area (Å²) in [6.45, 7) is 3.34. The van der Waals surface area contributed by atoms with E-state index in [1.54, 1.807) is 0 Å². The summed E-state index contributed by atoms with van der Waals surface area (Å²) in [5.41, 5.74) is -11.3. The number of sulfonamides is 2. The zero-order chi connectivity index (χ0) is 25.5. The van der Waals surface area contributed by atoms with E-state index in [1.807, 2.05) is 24.3 Å². The van der Waals surface area contributed by atoms with Gasteiger partial charge in [-0.3, -0.25) is 0 Å². The van der Waals surface area contributed by atoms with Crippen molar-refractivity contribution in [1.29, 1.82) is 0 Å². The molecule has 1 heterocycles. The van der Waals surface area contributed by atoms with Gasteiger partial charge in [-0.1, -0.05) is 31.4 Å². The van der Waals surface area contributed by atoms with Crippen LogP contribution < -0.4 is 4.57 Å². The van der Waals surface area contributed by atoms with Gasteiger partial charge in [-0.2, -0.15) is 26.3 Å². The Kier molecular flexibility index (Phi) is 10.2. The highest BCUT2D eigenvalue weighted by Gasteiger charge is 2.46. The van der Waals surface area contributed by atoms with Gasteiger partial charge in [0, 0.05) is 5.02 Å². The van der Waals surface area contributed by atoms with Crippen LogP contribution >= 0.6 is 11.6 Å². The summed E-state index contributed by atoms with van der Waals surface area (Å²) in [5.74, 6) is 0. The fraction of sp³-hybridized carbons (Fsp3) is 0.471. The maximum Gasteiger partial charge on any atom is 0.480 e. The molecule has 0 atom stereocenters. The number of imidazole rings is 1. The summed E-state index contributed by atoms with van der Waals surface area (Å²) < 4.78 is 114. The number of benzene rings is 1. The van der Waals surface area contributed by atoms with Crippen molar-refractivity contribution >= 4 is 31.6 Å². The lowest BCUT2D eigenvalue weighted by Crippen LogP contribution is -2.30. The summed E-state index contributed by atoms with van der Waals surface area (Å²) in [7, 11) is -13.4. The van der Waals surface area contributed by atoms with E-state index in [1.165, 1.54) is 25.7 Å². The van der Waals surface area contributed by atoms with E-state index >= 15 is 0 Å². The van der Waals surface area contributed by atoms with Gasteiger partial charge in [0.2, 0.25) is 6.33 Å². The molecule has 0 aliphatic carbocycles. The van der Waals surface area contributed by atoms with E-state index in [0.717, 1.165) is 21.4 Å². The van der Waals surface area contributed by atoms with E-state index in [0.29, 0.717) is 0 Å². The first-order valence-electron chi connectivity index (χ1n) is 9.20. The largest absolute Gasteiger partial charge is 0.480 e. The van der Waals surface area contributed by atoms with Gasteiger partial charge in [0.15, 0.2) is 20.0 Å². The molecule has 0 radical (unpaired) electrons. The molecule has 188 valence electrons. The molecule has 2 aromatic rings. The van der Waals surface area contributed by atoms with Gasteiger partial charge in [-0.25, -0.2) is 26.0 Å². The Hall–Kier alpha value is -1.84. The van der Waals surface area contributed by atoms with Crippen LogP contribution in [0.3, 0.4) is 0 Å². The number of rotatable bonds is 8. The van der Waals surface area contributed by atoms with E-state index < -0.39 is 31.1 Å². The number of hydrogen-bond donors (Lipinski definition) is 0. The lowest BCUT2D eigenvalue weighted by atomic mass is 10.2. The molecule has 2 rings (SSSR count). The predicted octanol–water partition coefficient (Wildman–Crippen LogP) is 5.06. The Morgan fingerprint density at radius 3 is 1.88 bits per heavy atom. The Morgan fingerprint density at radius 2 is 1.42 bits per heavy atom. The van der Waals surface area contributed by atoms with Gasteiger partial charge < -0.3 is 4.13 Å². The molecule has 1 aromatic carbocycles. The fourth-order valence-corrected chi connectivity index (χ4v) is 4.06.